The predicted octanol–water partition coefficient (Wildman–Crippen LogP) is 1.99. The Morgan fingerprint density at radius 3 is 2.85 bits per heavy atom. The number of methoxy groups -OCH3 is 1. The fourth-order valence-electron chi connectivity index (χ4n) is 1.67. The van der Waals surface area contributed by atoms with Gasteiger partial charge in [-0.05, 0) is 39.2 Å². The second-order valence-electron chi connectivity index (χ2n) is 5.64. The number of carbonyl (C=O) groups excluding carboxylic acids is 1. The van der Waals surface area contributed by atoms with E-state index >= 15 is 0 Å². The molecule has 1 rings (SSSR count). The molecule has 0 bridgehead atoms. The van der Waals surface area contributed by atoms with Gasteiger partial charge in [0.1, 0.15) is 5.60 Å². The summed E-state index contributed by atoms with van der Waals surface area (Å²) in [4.78, 5) is 11.5. The Labute approximate surface area is 120 Å². The number of rotatable bonds is 7. The van der Waals surface area contributed by atoms with Gasteiger partial charge >= 0.3 is 6.09 Å². The Kier molecular flexibility index (Phi) is 6.51. The van der Waals surface area contributed by atoms with Crippen molar-refractivity contribution < 1.29 is 14.3 Å². The molecule has 0 atom stereocenters. The van der Waals surface area contributed by atoms with Crippen LogP contribution < -0.4 is 5.32 Å². The molecule has 0 spiro atoms. The van der Waals surface area contributed by atoms with Crippen LogP contribution in [0.25, 0.3) is 0 Å². The van der Waals surface area contributed by atoms with Crippen LogP contribution in [0.2, 0.25) is 0 Å². The third-order valence-corrected chi connectivity index (χ3v) is 2.51. The number of hydrogen-bond acceptors (Lipinski definition) is 4. The highest BCUT2D eigenvalue weighted by Gasteiger charge is 2.15. The summed E-state index contributed by atoms with van der Waals surface area (Å²) < 4.78 is 12.0. The Balaban J connectivity index is 2.23. The highest BCUT2D eigenvalue weighted by molar-refractivity contribution is 5.67. The highest BCUT2D eigenvalue weighted by Crippen LogP contribution is 2.06. The summed E-state index contributed by atoms with van der Waals surface area (Å²) in [7, 11) is 1.70. The van der Waals surface area contributed by atoms with Gasteiger partial charge in [0, 0.05) is 26.5 Å². The van der Waals surface area contributed by atoms with E-state index in [-0.39, 0.29) is 0 Å². The first-order valence-electron chi connectivity index (χ1n) is 6.88. The number of carbonyl (C=O) groups is 1. The topological polar surface area (TPSA) is 65.4 Å². The van der Waals surface area contributed by atoms with Gasteiger partial charge in [-0.25, -0.2) is 4.79 Å². The summed E-state index contributed by atoms with van der Waals surface area (Å²) in [5, 5.41) is 6.96. The normalized spacial score (nSPS) is 11.4. The van der Waals surface area contributed by atoms with E-state index in [0.29, 0.717) is 13.1 Å². The summed E-state index contributed by atoms with van der Waals surface area (Å²) in [5.41, 5.74) is 0.712. The molecule has 0 fully saturated rings. The maximum absolute atomic E-state index is 11.5. The average Bonchev–Trinajstić information content (AvgIpc) is 2.75. The summed E-state index contributed by atoms with van der Waals surface area (Å²) in [6.07, 6.45) is 5.38. The molecule has 0 saturated heterocycles. The molecule has 0 aromatic carbocycles. The van der Waals surface area contributed by atoms with E-state index in [2.05, 4.69) is 10.4 Å². The summed E-state index contributed by atoms with van der Waals surface area (Å²) in [6.45, 7) is 7.40. The second kappa shape index (κ2) is 7.89. The molecule has 6 heteroatoms. The van der Waals surface area contributed by atoms with Crippen molar-refractivity contribution in [3.05, 3.63) is 18.0 Å². The van der Waals surface area contributed by atoms with Crippen molar-refractivity contribution in [1.82, 2.24) is 15.1 Å². The van der Waals surface area contributed by atoms with Crippen molar-refractivity contribution >= 4 is 6.09 Å². The van der Waals surface area contributed by atoms with Crippen LogP contribution in [0.3, 0.4) is 0 Å². The first kappa shape index (κ1) is 16.5. The molecule has 1 aromatic heterocycles. The van der Waals surface area contributed by atoms with E-state index in [1.165, 1.54) is 5.56 Å². The van der Waals surface area contributed by atoms with Crippen molar-refractivity contribution in [2.75, 3.05) is 20.3 Å². The van der Waals surface area contributed by atoms with Crippen molar-refractivity contribution in [2.24, 2.45) is 0 Å². The fourth-order valence-corrected chi connectivity index (χ4v) is 1.67. The van der Waals surface area contributed by atoms with E-state index in [1.54, 1.807) is 7.11 Å². The molecule has 0 aliphatic rings. The molecular formula is C14H25N3O3. The molecular weight excluding hydrogens is 258 g/mol. The van der Waals surface area contributed by atoms with E-state index in [0.717, 1.165) is 19.4 Å². The van der Waals surface area contributed by atoms with E-state index < -0.39 is 11.7 Å². The molecule has 1 amide bonds. The lowest BCUT2D eigenvalue weighted by molar-refractivity contribution is 0.0525. The highest BCUT2D eigenvalue weighted by atomic mass is 16.6. The predicted molar refractivity (Wildman–Crippen MR) is 76.7 cm³/mol. The number of aromatic nitrogens is 2. The van der Waals surface area contributed by atoms with Gasteiger partial charge in [0.15, 0.2) is 0 Å². The van der Waals surface area contributed by atoms with Crippen LogP contribution in [-0.2, 0) is 22.4 Å². The number of aryl methyl sites for hydroxylation is 1. The number of nitrogens with zero attached hydrogens (tertiary/aromatic N) is 2. The van der Waals surface area contributed by atoms with Gasteiger partial charge in [0.05, 0.1) is 12.7 Å². The maximum Gasteiger partial charge on any atom is 0.407 e. The van der Waals surface area contributed by atoms with E-state index in [1.807, 2.05) is 37.8 Å². The Bertz CT molecular complexity index is 410. The van der Waals surface area contributed by atoms with Crippen molar-refractivity contribution in [2.45, 2.75) is 45.8 Å². The molecule has 0 aliphatic carbocycles. The second-order valence-corrected chi connectivity index (χ2v) is 5.64. The molecule has 1 aromatic rings. The Morgan fingerprint density at radius 2 is 2.20 bits per heavy atom. The lowest BCUT2D eigenvalue weighted by Gasteiger charge is -2.19. The van der Waals surface area contributed by atoms with Gasteiger partial charge in [-0.2, -0.15) is 5.10 Å². The van der Waals surface area contributed by atoms with E-state index in [9.17, 15) is 4.79 Å². The van der Waals surface area contributed by atoms with Crippen LogP contribution >= 0.6 is 0 Å². The fraction of sp³-hybridized carbons (Fsp3) is 0.714. The molecule has 0 saturated carbocycles. The first-order valence-corrected chi connectivity index (χ1v) is 6.88. The minimum Gasteiger partial charge on any atom is -0.444 e. The number of amides is 1. The smallest absolute Gasteiger partial charge is 0.407 e. The SMILES string of the molecule is COCCCc1cnn(CCNC(=O)OC(C)(C)C)c1. The summed E-state index contributed by atoms with van der Waals surface area (Å²) in [6, 6.07) is 0. The van der Waals surface area contributed by atoms with Gasteiger partial charge in [-0.1, -0.05) is 0 Å². The first-order chi connectivity index (χ1) is 9.40. The Hall–Kier alpha value is -1.56. The van der Waals surface area contributed by atoms with Crippen LogP contribution in [0.5, 0.6) is 0 Å². The third-order valence-electron chi connectivity index (χ3n) is 2.51. The van der Waals surface area contributed by atoms with Crippen molar-refractivity contribution in [1.29, 1.82) is 0 Å². The van der Waals surface area contributed by atoms with Crippen LogP contribution in [0.1, 0.15) is 32.8 Å². The monoisotopic (exact) mass is 283 g/mol. The number of hydrogen-bond donors (Lipinski definition) is 1. The largest absolute Gasteiger partial charge is 0.444 e. The van der Waals surface area contributed by atoms with Gasteiger partial charge in [-0.15, -0.1) is 0 Å². The minimum absolute atomic E-state index is 0.398. The zero-order chi connectivity index (χ0) is 15.0. The van der Waals surface area contributed by atoms with Crippen LogP contribution in [0, 0.1) is 0 Å². The molecule has 6 nitrogen and oxygen atoms in total. The van der Waals surface area contributed by atoms with Crippen molar-refractivity contribution in [3.63, 3.8) is 0 Å². The molecule has 20 heavy (non-hydrogen) atoms. The minimum atomic E-state index is -0.468. The lowest BCUT2D eigenvalue weighted by atomic mass is 10.2. The number of ether oxygens (including phenoxy) is 2. The standard InChI is InChI=1S/C14H25N3O3/c1-14(2,3)20-13(18)15-7-8-17-11-12(10-16-17)6-5-9-19-4/h10-11H,5-9H2,1-4H3,(H,15,18). The van der Waals surface area contributed by atoms with Gasteiger partial charge in [-0.3, -0.25) is 4.68 Å². The van der Waals surface area contributed by atoms with E-state index in [4.69, 9.17) is 9.47 Å². The molecule has 114 valence electrons. The van der Waals surface area contributed by atoms with Crippen LogP contribution in [0.15, 0.2) is 12.4 Å². The zero-order valence-electron chi connectivity index (χ0n) is 12.8. The molecule has 0 radical (unpaired) electrons. The lowest BCUT2D eigenvalue weighted by Crippen LogP contribution is -2.34. The average molecular weight is 283 g/mol. The number of alkyl carbamates (subject to hydrolysis) is 1. The van der Waals surface area contributed by atoms with Crippen LogP contribution in [-0.4, -0.2) is 41.7 Å². The number of nitrogens with one attached hydrogen (secondary N) is 1. The molecule has 1 heterocycles. The molecule has 0 aliphatic heterocycles. The maximum atomic E-state index is 11.5. The third kappa shape index (κ3) is 7.13. The summed E-state index contributed by atoms with van der Waals surface area (Å²) >= 11 is 0. The van der Waals surface area contributed by atoms with Gasteiger partial charge < -0.3 is 14.8 Å². The van der Waals surface area contributed by atoms with Crippen molar-refractivity contribution in [3.8, 4) is 0 Å². The van der Waals surface area contributed by atoms with Crippen LogP contribution in [0.4, 0.5) is 4.79 Å². The molecule has 1 N–H and O–H groups in total. The Morgan fingerprint density at radius 1 is 1.45 bits per heavy atom. The quantitative estimate of drug-likeness (QED) is 0.777. The molecule has 0 unspecified atom stereocenters. The zero-order valence-corrected chi connectivity index (χ0v) is 12.8. The van der Waals surface area contributed by atoms with Gasteiger partial charge in [0.25, 0.3) is 0 Å². The summed E-state index contributed by atoms with van der Waals surface area (Å²) in [5.74, 6) is 0. The van der Waals surface area contributed by atoms with Gasteiger partial charge in [0.2, 0.25) is 0 Å².